The van der Waals surface area contributed by atoms with Crippen LogP contribution in [-0.2, 0) is 5.75 Å². The van der Waals surface area contributed by atoms with E-state index in [1.54, 1.807) is 0 Å². The molecule has 0 saturated carbocycles. The molecule has 1 aromatic carbocycles. The minimum absolute atomic E-state index is 0.695. The second-order valence-corrected chi connectivity index (χ2v) is 17.4. The highest BCUT2D eigenvalue weighted by Crippen LogP contribution is 2.59. The van der Waals surface area contributed by atoms with E-state index in [-0.39, 0.29) is 0 Å². The van der Waals surface area contributed by atoms with E-state index in [1.165, 1.54) is 151 Å². The fraction of sp³-hybridized carbons (Fsp3) is 0.806. The zero-order chi connectivity index (χ0) is 23.9. The molecular weight excluding hydrogens is 484 g/mol. The van der Waals surface area contributed by atoms with Gasteiger partial charge in [0.15, 0.2) is 0 Å². The van der Waals surface area contributed by atoms with Gasteiger partial charge in [0.1, 0.15) is 0 Å². The van der Waals surface area contributed by atoms with E-state index in [0.29, 0.717) is 0 Å². The van der Waals surface area contributed by atoms with Gasteiger partial charge in [-0.3, -0.25) is 0 Å². The van der Waals surface area contributed by atoms with Gasteiger partial charge < -0.3 is 0 Å². The predicted molar refractivity (Wildman–Crippen MR) is 160 cm³/mol. The molecule has 33 heavy (non-hydrogen) atoms. The van der Waals surface area contributed by atoms with Crippen LogP contribution >= 0.6 is 23.3 Å². The van der Waals surface area contributed by atoms with Crippen molar-refractivity contribution in [2.24, 2.45) is 0 Å². The van der Waals surface area contributed by atoms with Gasteiger partial charge in [-0.15, -0.1) is 0 Å². The molecule has 0 N–H and O–H groups in total. The predicted octanol–water partition coefficient (Wildman–Crippen LogP) is 12.1. The van der Waals surface area contributed by atoms with Gasteiger partial charge in [-0.1, -0.05) is 160 Å². The second-order valence-electron chi connectivity index (χ2n) is 10.3. The van der Waals surface area contributed by atoms with Gasteiger partial charge in [-0.05, 0) is 44.7 Å². The molecule has 0 fully saturated rings. The summed E-state index contributed by atoms with van der Waals surface area (Å²) < 4.78 is 0. The summed E-state index contributed by atoms with van der Waals surface area (Å²) in [6, 6.07) is 11.2. The van der Waals surface area contributed by atoms with Crippen molar-refractivity contribution in [3.63, 3.8) is 0 Å². The molecule has 0 aromatic heterocycles. The number of halogens is 1. The van der Waals surface area contributed by atoms with Crippen LogP contribution in [0.3, 0.4) is 0 Å². The monoisotopic (exact) mass is 540 g/mol. The zero-order valence-corrected chi connectivity index (χ0v) is 24.8. The summed E-state index contributed by atoms with van der Waals surface area (Å²) in [5.41, 5.74) is 1.53. The molecule has 0 radical (unpaired) electrons. The van der Waals surface area contributed by atoms with Crippen molar-refractivity contribution in [3.05, 3.63) is 35.9 Å². The Kier molecular flexibility index (Phi) is 21.2. The lowest BCUT2D eigenvalue weighted by Crippen LogP contribution is -2.07. The van der Waals surface area contributed by atoms with Crippen molar-refractivity contribution in [2.75, 3.05) is 11.5 Å². The maximum Gasteiger partial charge on any atom is 0.0116 e. The van der Waals surface area contributed by atoms with Crippen LogP contribution in [0.2, 0.25) is 0 Å². The lowest BCUT2D eigenvalue weighted by molar-refractivity contribution is 0.561. The van der Waals surface area contributed by atoms with Crippen LogP contribution in [0, 0.1) is 0 Å². The maximum atomic E-state index is 4.34. The molecule has 0 atom stereocenters. The highest BCUT2D eigenvalue weighted by Gasteiger charge is 2.20. The summed E-state index contributed by atoms with van der Waals surface area (Å²) in [4.78, 5) is 0. The molecule has 194 valence electrons. The fourth-order valence-electron chi connectivity index (χ4n) is 4.82. The quantitative estimate of drug-likeness (QED) is 0.114. The fourth-order valence-corrected chi connectivity index (χ4v) is 9.71. The van der Waals surface area contributed by atoms with Crippen LogP contribution in [0.25, 0.3) is 0 Å². The van der Waals surface area contributed by atoms with Gasteiger partial charge in [-0.2, -0.15) is 8.46 Å². The molecule has 0 nitrogen and oxygen atoms in total. The molecule has 1 rings (SSSR count). The van der Waals surface area contributed by atoms with Crippen LogP contribution in [0.15, 0.2) is 30.3 Å². The van der Waals surface area contributed by atoms with E-state index >= 15 is 0 Å². The molecule has 0 amide bonds. The first-order chi connectivity index (χ1) is 16.2. The minimum Gasteiger partial charge on any atom is -0.179 e. The third kappa shape index (κ3) is 19.0. The summed E-state index contributed by atoms with van der Waals surface area (Å²) in [6.45, 7) is 4.61. The van der Waals surface area contributed by atoms with Crippen molar-refractivity contribution >= 4 is 23.3 Å². The Hall–Kier alpha value is 0.0500. The highest BCUT2D eigenvalue weighted by atomic mass is 79.9. The van der Waals surface area contributed by atoms with E-state index in [9.17, 15) is 0 Å². The van der Waals surface area contributed by atoms with Crippen LogP contribution in [0.4, 0.5) is 0 Å². The van der Waals surface area contributed by atoms with Crippen LogP contribution < -0.4 is 0 Å². The lowest BCUT2D eigenvalue weighted by atomic mass is 10.1. The zero-order valence-electron chi connectivity index (χ0n) is 22.4. The summed E-state index contributed by atoms with van der Waals surface area (Å²) in [7, 11) is -0.695. The Morgan fingerprint density at radius 3 is 1.18 bits per heavy atom. The van der Waals surface area contributed by atoms with Gasteiger partial charge in [0.25, 0.3) is 0 Å². The molecule has 0 aliphatic rings. The highest BCUT2D eigenvalue weighted by molar-refractivity contribution is 9.58. The third-order valence-electron chi connectivity index (χ3n) is 7.00. The van der Waals surface area contributed by atoms with Crippen molar-refractivity contribution < 1.29 is 0 Å². The van der Waals surface area contributed by atoms with Crippen molar-refractivity contribution in [2.45, 2.75) is 148 Å². The Labute approximate surface area is 218 Å². The van der Waals surface area contributed by atoms with Crippen LogP contribution in [-0.4, -0.2) is 11.5 Å². The molecule has 0 aliphatic heterocycles. The van der Waals surface area contributed by atoms with Crippen molar-refractivity contribution in [1.82, 2.24) is 0 Å². The van der Waals surface area contributed by atoms with Crippen molar-refractivity contribution in [3.8, 4) is 0 Å². The SMILES string of the molecule is CCCCCCCCCCCCS(Br)(CCCCCCCCCCCC)Cc1ccccc1. The Morgan fingerprint density at radius 1 is 0.485 bits per heavy atom. The molecular formula is C31H57BrS. The number of benzene rings is 1. The molecule has 0 unspecified atom stereocenters. The van der Waals surface area contributed by atoms with E-state index in [2.05, 4.69) is 59.0 Å². The minimum atomic E-state index is -0.695. The second kappa shape index (κ2) is 22.5. The normalized spacial score (nSPS) is 12.3. The summed E-state index contributed by atoms with van der Waals surface area (Å²) in [5, 5.41) is 0. The molecule has 2 heteroatoms. The Bertz CT molecular complexity index is 491. The molecule has 1 aromatic rings. The lowest BCUT2D eigenvalue weighted by Gasteiger charge is -2.34. The van der Waals surface area contributed by atoms with Crippen LogP contribution in [0.5, 0.6) is 0 Å². The van der Waals surface area contributed by atoms with Crippen molar-refractivity contribution in [1.29, 1.82) is 0 Å². The van der Waals surface area contributed by atoms with E-state index in [0.717, 1.165) is 0 Å². The topological polar surface area (TPSA) is 0 Å². The molecule has 0 spiro atoms. The largest absolute Gasteiger partial charge is 0.179 e. The maximum absolute atomic E-state index is 4.34. The third-order valence-corrected chi connectivity index (χ3v) is 12.5. The summed E-state index contributed by atoms with van der Waals surface area (Å²) in [6.07, 6.45) is 28.7. The van der Waals surface area contributed by atoms with Gasteiger partial charge in [0.05, 0.1) is 0 Å². The first-order valence-corrected chi connectivity index (χ1v) is 18.7. The molecule has 0 saturated heterocycles. The number of unbranched alkanes of at least 4 members (excludes halogenated alkanes) is 18. The van der Waals surface area contributed by atoms with E-state index in [4.69, 9.17) is 0 Å². The standard InChI is InChI=1S/C31H57BrS/c1-3-5-7-9-11-13-15-17-19-24-28-33(32,30-31-26-22-21-23-27-31)29-25-20-18-16-14-12-10-8-6-4-2/h21-23,26-27H,3-20,24-25,28-30H2,1-2H3. The Morgan fingerprint density at radius 2 is 0.818 bits per heavy atom. The molecule has 0 heterocycles. The Balaban J connectivity index is 2.22. The van der Waals surface area contributed by atoms with E-state index in [1.807, 2.05) is 0 Å². The van der Waals surface area contributed by atoms with Gasteiger partial charge in [0.2, 0.25) is 0 Å². The van der Waals surface area contributed by atoms with E-state index < -0.39 is 8.46 Å². The van der Waals surface area contributed by atoms with Gasteiger partial charge in [-0.25, -0.2) is 0 Å². The number of hydrogen-bond donors (Lipinski definition) is 0. The molecule has 0 bridgehead atoms. The van der Waals surface area contributed by atoms with Gasteiger partial charge in [0, 0.05) is 5.75 Å². The van der Waals surface area contributed by atoms with Gasteiger partial charge >= 0.3 is 0 Å². The molecule has 0 aliphatic carbocycles. The first-order valence-electron chi connectivity index (χ1n) is 14.7. The average Bonchev–Trinajstić information content (AvgIpc) is 2.82. The first kappa shape index (κ1) is 31.1. The summed E-state index contributed by atoms with van der Waals surface area (Å²) in [5.74, 6) is 4.09. The summed E-state index contributed by atoms with van der Waals surface area (Å²) >= 11 is 4.34. The number of hydrogen-bond acceptors (Lipinski definition) is 0. The van der Waals surface area contributed by atoms with Crippen LogP contribution in [0.1, 0.15) is 148 Å². The number of rotatable bonds is 24. The smallest absolute Gasteiger partial charge is 0.0116 e. The average molecular weight is 542 g/mol.